The zero-order valence-electron chi connectivity index (χ0n) is 24.3. The molecule has 6 nitrogen and oxygen atoms in total. The summed E-state index contributed by atoms with van der Waals surface area (Å²) in [5.74, 6) is -0.443. The molecule has 0 spiro atoms. The van der Waals surface area contributed by atoms with Gasteiger partial charge >= 0.3 is 5.97 Å². The third kappa shape index (κ3) is 5.39. The fourth-order valence-corrected chi connectivity index (χ4v) is 5.62. The van der Waals surface area contributed by atoms with E-state index in [4.69, 9.17) is 9.47 Å². The van der Waals surface area contributed by atoms with Crippen molar-refractivity contribution in [1.82, 2.24) is 0 Å². The second-order valence-corrected chi connectivity index (χ2v) is 10.5. The highest BCUT2D eigenvalue weighted by atomic mass is 19.1. The quantitative estimate of drug-likeness (QED) is 0.168. The number of rotatable bonds is 12. The topological polar surface area (TPSA) is 71.0 Å². The Bertz CT molecular complexity index is 1560. The van der Waals surface area contributed by atoms with Gasteiger partial charge in [-0.2, -0.15) is 0 Å². The molecular weight excluding hydrogens is 531 g/mol. The third-order valence-corrected chi connectivity index (χ3v) is 7.79. The van der Waals surface area contributed by atoms with Crippen molar-refractivity contribution in [3.8, 4) is 11.5 Å². The van der Waals surface area contributed by atoms with Crippen molar-refractivity contribution in [2.75, 3.05) is 30.4 Å². The minimum absolute atomic E-state index is 0.00418. The highest BCUT2D eigenvalue weighted by Crippen LogP contribution is 2.53. The average molecular weight is 569 g/mol. The number of benzene rings is 4. The number of cyclic esters (lactones) is 1. The van der Waals surface area contributed by atoms with E-state index < -0.39 is 17.4 Å². The number of ether oxygens (including phenoxy) is 2. The van der Waals surface area contributed by atoms with Gasteiger partial charge in [0.2, 0.25) is 0 Å². The molecule has 1 heterocycles. The summed E-state index contributed by atoms with van der Waals surface area (Å²) in [7, 11) is 1.54. The minimum Gasteiger partial charge on any atom is -0.507 e. The summed E-state index contributed by atoms with van der Waals surface area (Å²) >= 11 is 0. The zero-order chi connectivity index (χ0) is 29.7. The van der Waals surface area contributed by atoms with E-state index in [1.807, 2.05) is 24.3 Å². The molecule has 1 aliphatic rings. The molecule has 0 aliphatic carbocycles. The van der Waals surface area contributed by atoms with Crippen LogP contribution in [0.5, 0.6) is 11.5 Å². The van der Waals surface area contributed by atoms with Gasteiger partial charge in [-0.3, -0.25) is 0 Å². The van der Waals surface area contributed by atoms with Crippen molar-refractivity contribution < 1.29 is 23.8 Å². The number of hydrogen-bond acceptors (Lipinski definition) is 6. The van der Waals surface area contributed by atoms with Crippen LogP contribution in [0.3, 0.4) is 0 Å². The minimum atomic E-state index is -1.51. The summed E-state index contributed by atoms with van der Waals surface area (Å²) < 4.78 is 26.6. The molecule has 1 atom stereocenters. The number of fused-ring (bicyclic) bond motifs is 1. The van der Waals surface area contributed by atoms with E-state index in [0.717, 1.165) is 44.5 Å². The SMILES string of the molecule is CCCCN(CCCC)c1ccc(C2(c3cc(Nc4ccccc4F)ccc3OC)OC(=O)c3ccccc32)c(O)c1. The summed E-state index contributed by atoms with van der Waals surface area (Å²) in [4.78, 5) is 15.6. The highest BCUT2D eigenvalue weighted by Gasteiger charge is 2.51. The first kappa shape index (κ1) is 29.0. The third-order valence-electron chi connectivity index (χ3n) is 7.79. The van der Waals surface area contributed by atoms with Gasteiger partial charge in [0.25, 0.3) is 0 Å². The summed E-state index contributed by atoms with van der Waals surface area (Å²) in [5, 5.41) is 14.8. The number of methoxy groups -OCH3 is 1. The first-order valence-corrected chi connectivity index (χ1v) is 14.5. The molecule has 5 rings (SSSR count). The molecule has 2 N–H and O–H groups in total. The number of para-hydroxylation sites is 1. The summed E-state index contributed by atoms with van der Waals surface area (Å²) in [5.41, 5.74) is 2.18. The molecule has 0 saturated carbocycles. The smallest absolute Gasteiger partial charge is 0.340 e. The van der Waals surface area contributed by atoms with E-state index in [0.29, 0.717) is 39.4 Å². The largest absolute Gasteiger partial charge is 0.507 e. The van der Waals surface area contributed by atoms with Gasteiger partial charge in [-0.25, -0.2) is 9.18 Å². The van der Waals surface area contributed by atoms with E-state index in [1.54, 1.807) is 61.7 Å². The van der Waals surface area contributed by atoms with Gasteiger partial charge in [-0.05, 0) is 61.4 Å². The number of esters is 1. The van der Waals surface area contributed by atoms with Gasteiger partial charge in [0, 0.05) is 47.2 Å². The zero-order valence-corrected chi connectivity index (χ0v) is 24.3. The Kier molecular flexibility index (Phi) is 8.67. The van der Waals surface area contributed by atoms with Crippen LogP contribution in [0.2, 0.25) is 0 Å². The number of anilines is 3. The molecule has 218 valence electrons. The van der Waals surface area contributed by atoms with E-state index in [9.17, 15) is 14.3 Å². The van der Waals surface area contributed by atoms with Gasteiger partial charge in [-0.15, -0.1) is 0 Å². The number of aromatic hydroxyl groups is 1. The predicted molar refractivity (Wildman–Crippen MR) is 165 cm³/mol. The first-order valence-electron chi connectivity index (χ1n) is 14.5. The van der Waals surface area contributed by atoms with Crippen LogP contribution in [0.1, 0.15) is 66.6 Å². The number of phenols is 1. The van der Waals surface area contributed by atoms with E-state index in [-0.39, 0.29) is 5.75 Å². The number of nitrogens with zero attached hydrogens (tertiary/aromatic N) is 1. The summed E-state index contributed by atoms with van der Waals surface area (Å²) in [6, 6.07) is 24.4. The lowest BCUT2D eigenvalue weighted by molar-refractivity contribution is 0.0239. The molecule has 0 amide bonds. The molecule has 7 heteroatoms. The molecule has 1 unspecified atom stereocenters. The number of halogens is 1. The molecule has 42 heavy (non-hydrogen) atoms. The maximum absolute atomic E-state index is 14.5. The van der Waals surface area contributed by atoms with Gasteiger partial charge < -0.3 is 24.8 Å². The Balaban J connectivity index is 1.68. The number of unbranched alkanes of at least 4 members (excludes halogenated alkanes) is 2. The Morgan fingerprint density at radius 1 is 0.881 bits per heavy atom. The lowest BCUT2D eigenvalue weighted by atomic mass is 9.78. The van der Waals surface area contributed by atoms with Crippen molar-refractivity contribution in [2.45, 2.75) is 45.1 Å². The molecule has 0 bridgehead atoms. The summed E-state index contributed by atoms with van der Waals surface area (Å²) in [6.07, 6.45) is 4.22. The number of carbonyl (C=O) groups excluding carboxylic acids is 1. The molecule has 4 aromatic rings. The number of carbonyl (C=O) groups is 1. The van der Waals surface area contributed by atoms with E-state index >= 15 is 0 Å². The van der Waals surface area contributed by atoms with Crippen LogP contribution < -0.4 is 15.0 Å². The Morgan fingerprint density at radius 2 is 1.60 bits per heavy atom. The maximum Gasteiger partial charge on any atom is 0.340 e. The van der Waals surface area contributed by atoms with Crippen LogP contribution in [0.25, 0.3) is 0 Å². The Morgan fingerprint density at radius 3 is 2.29 bits per heavy atom. The van der Waals surface area contributed by atoms with Crippen LogP contribution in [-0.4, -0.2) is 31.3 Å². The Labute approximate surface area is 246 Å². The normalized spacial score (nSPS) is 15.7. The summed E-state index contributed by atoms with van der Waals surface area (Å²) in [6.45, 7) is 6.10. The average Bonchev–Trinajstić information content (AvgIpc) is 3.31. The second kappa shape index (κ2) is 12.6. The van der Waals surface area contributed by atoms with E-state index in [1.165, 1.54) is 6.07 Å². The highest BCUT2D eigenvalue weighted by molar-refractivity contribution is 5.97. The molecule has 0 fully saturated rings. The van der Waals surface area contributed by atoms with Crippen LogP contribution in [0.15, 0.2) is 84.9 Å². The van der Waals surface area contributed by atoms with Crippen LogP contribution in [0, 0.1) is 5.82 Å². The van der Waals surface area contributed by atoms with Crippen LogP contribution in [0.4, 0.5) is 21.5 Å². The molecule has 4 aromatic carbocycles. The van der Waals surface area contributed by atoms with Crippen molar-refractivity contribution in [3.63, 3.8) is 0 Å². The number of hydrogen-bond donors (Lipinski definition) is 2. The van der Waals surface area contributed by atoms with Gasteiger partial charge in [0.05, 0.1) is 18.4 Å². The van der Waals surface area contributed by atoms with Crippen molar-refractivity contribution in [2.24, 2.45) is 0 Å². The first-order chi connectivity index (χ1) is 20.4. The van der Waals surface area contributed by atoms with Gasteiger partial charge in [-0.1, -0.05) is 57.0 Å². The predicted octanol–water partition coefficient (Wildman–Crippen LogP) is 8.15. The van der Waals surface area contributed by atoms with Gasteiger partial charge in [0.1, 0.15) is 17.3 Å². The van der Waals surface area contributed by atoms with Crippen molar-refractivity contribution >= 4 is 23.0 Å². The molecule has 1 aliphatic heterocycles. The standard InChI is InChI=1S/C35H37FN2O4/c1-4-6-20-38(21-7-5-2)25-17-18-28(32(39)23-25)35(27-13-9-8-12-26(27)34(40)42-35)29-22-24(16-19-33(29)41-3)37-31-15-11-10-14-30(31)36/h8-19,22-23,37,39H,4-7,20-21H2,1-3H3. The Hall–Kier alpha value is -4.52. The monoisotopic (exact) mass is 568 g/mol. The fraction of sp³-hybridized carbons (Fsp3) is 0.286. The molecular formula is C35H37FN2O4. The molecule has 0 radical (unpaired) electrons. The van der Waals surface area contributed by atoms with Crippen molar-refractivity contribution in [3.05, 3.63) is 113 Å². The van der Waals surface area contributed by atoms with Crippen LogP contribution in [-0.2, 0) is 10.3 Å². The second-order valence-electron chi connectivity index (χ2n) is 10.5. The number of phenolic OH excluding ortho intramolecular Hbond substituents is 1. The van der Waals surface area contributed by atoms with Gasteiger partial charge in [0.15, 0.2) is 5.60 Å². The lowest BCUT2D eigenvalue weighted by Gasteiger charge is -2.33. The molecule has 0 saturated heterocycles. The number of nitrogens with one attached hydrogen (secondary N) is 1. The lowest BCUT2D eigenvalue weighted by Crippen LogP contribution is -2.31. The maximum atomic E-state index is 14.5. The fourth-order valence-electron chi connectivity index (χ4n) is 5.62. The van der Waals surface area contributed by atoms with E-state index in [2.05, 4.69) is 24.1 Å². The van der Waals surface area contributed by atoms with Crippen LogP contribution >= 0.6 is 0 Å². The molecule has 0 aromatic heterocycles. The van der Waals surface area contributed by atoms with Crippen molar-refractivity contribution in [1.29, 1.82) is 0 Å².